The van der Waals surface area contributed by atoms with Crippen LogP contribution >= 0.6 is 11.6 Å². The van der Waals surface area contributed by atoms with Gasteiger partial charge in [-0.2, -0.15) is 0 Å². The van der Waals surface area contributed by atoms with E-state index in [1.54, 1.807) is 30.3 Å². The number of esters is 1. The van der Waals surface area contributed by atoms with E-state index in [9.17, 15) is 14.4 Å². The van der Waals surface area contributed by atoms with E-state index in [0.717, 1.165) is 0 Å². The van der Waals surface area contributed by atoms with Crippen molar-refractivity contribution >= 4 is 35.2 Å². The van der Waals surface area contributed by atoms with Crippen LogP contribution in [0.25, 0.3) is 0 Å². The molecular formula is C20H21ClN2O6. The van der Waals surface area contributed by atoms with E-state index in [1.807, 2.05) is 13.8 Å². The highest BCUT2D eigenvalue weighted by atomic mass is 35.5. The molecular weight excluding hydrogens is 400 g/mol. The number of nitrogens with one attached hydrogen (secondary N) is 2. The summed E-state index contributed by atoms with van der Waals surface area (Å²) in [4.78, 5) is 35.7. The number of carbonyl (C=O) groups is 3. The molecule has 0 unspecified atom stereocenters. The zero-order valence-corrected chi connectivity index (χ0v) is 16.7. The van der Waals surface area contributed by atoms with Crippen molar-refractivity contribution in [2.24, 2.45) is 0 Å². The van der Waals surface area contributed by atoms with Gasteiger partial charge >= 0.3 is 12.0 Å². The Kier molecular flexibility index (Phi) is 8.29. The van der Waals surface area contributed by atoms with Crippen LogP contribution in [0.1, 0.15) is 24.2 Å². The lowest BCUT2D eigenvalue weighted by molar-refractivity contribution is -0.123. The Morgan fingerprint density at radius 1 is 0.966 bits per heavy atom. The zero-order valence-electron chi connectivity index (χ0n) is 16.0. The minimum Gasteiger partial charge on any atom is -0.490 e. The molecule has 0 aliphatic carbocycles. The van der Waals surface area contributed by atoms with Crippen LogP contribution in [-0.4, -0.2) is 37.7 Å². The molecule has 0 fully saturated rings. The number of hydrogen-bond donors (Lipinski definition) is 2. The smallest absolute Gasteiger partial charge is 0.338 e. The lowest BCUT2D eigenvalue weighted by atomic mass is 10.2. The Hall–Kier alpha value is -3.26. The molecule has 0 aliphatic heterocycles. The first kappa shape index (κ1) is 22.0. The summed E-state index contributed by atoms with van der Waals surface area (Å²) in [6.07, 6.45) is 0. The summed E-state index contributed by atoms with van der Waals surface area (Å²) in [6, 6.07) is 10.2. The molecule has 2 N–H and O–H groups in total. The summed E-state index contributed by atoms with van der Waals surface area (Å²) < 4.78 is 15.8. The van der Waals surface area contributed by atoms with Crippen molar-refractivity contribution in [2.45, 2.75) is 13.8 Å². The van der Waals surface area contributed by atoms with Crippen molar-refractivity contribution in [2.75, 3.05) is 25.1 Å². The van der Waals surface area contributed by atoms with Gasteiger partial charge in [0.05, 0.1) is 18.8 Å². The zero-order chi connectivity index (χ0) is 21.2. The third kappa shape index (κ3) is 7.00. The molecule has 0 saturated heterocycles. The summed E-state index contributed by atoms with van der Waals surface area (Å²) in [7, 11) is 0. The molecule has 0 aliphatic rings. The molecule has 9 heteroatoms. The van der Waals surface area contributed by atoms with Crippen molar-refractivity contribution < 1.29 is 28.6 Å². The molecule has 0 radical (unpaired) electrons. The predicted molar refractivity (Wildman–Crippen MR) is 108 cm³/mol. The van der Waals surface area contributed by atoms with Gasteiger partial charge in [-0.15, -0.1) is 0 Å². The lowest BCUT2D eigenvalue weighted by Crippen LogP contribution is -2.37. The van der Waals surface area contributed by atoms with Crippen LogP contribution < -0.4 is 20.1 Å². The van der Waals surface area contributed by atoms with Gasteiger partial charge in [0, 0.05) is 16.8 Å². The van der Waals surface area contributed by atoms with Crippen molar-refractivity contribution in [1.82, 2.24) is 5.32 Å². The molecule has 0 heterocycles. The summed E-state index contributed by atoms with van der Waals surface area (Å²) in [5.74, 6) is -0.497. The lowest BCUT2D eigenvalue weighted by Gasteiger charge is -2.13. The highest BCUT2D eigenvalue weighted by Gasteiger charge is 2.14. The topological polar surface area (TPSA) is 103 Å². The number of imide groups is 1. The van der Waals surface area contributed by atoms with Crippen LogP contribution in [0.4, 0.5) is 10.5 Å². The van der Waals surface area contributed by atoms with Gasteiger partial charge in [-0.05, 0) is 44.2 Å². The molecule has 8 nitrogen and oxygen atoms in total. The average Bonchev–Trinajstić information content (AvgIpc) is 2.68. The molecule has 0 saturated carbocycles. The minimum atomic E-state index is -0.783. The second kappa shape index (κ2) is 10.9. The summed E-state index contributed by atoms with van der Waals surface area (Å²) in [6.45, 7) is 3.94. The molecule has 0 aromatic heterocycles. The largest absolute Gasteiger partial charge is 0.490 e. The fourth-order valence-electron chi connectivity index (χ4n) is 2.28. The Bertz CT molecular complexity index is 887. The summed E-state index contributed by atoms with van der Waals surface area (Å²) >= 11 is 5.80. The maximum atomic E-state index is 12.0. The number of benzene rings is 2. The van der Waals surface area contributed by atoms with Gasteiger partial charge in [0.2, 0.25) is 0 Å². The van der Waals surface area contributed by atoms with Crippen LogP contribution in [0.5, 0.6) is 11.5 Å². The van der Waals surface area contributed by atoms with Crippen molar-refractivity contribution in [1.29, 1.82) is 0 Å². The number of halogens is 1. The molecule has 2 rings (SSSR count). The monoisotopic (exact) mass is 420 g/mol. The van der Waals surface area contributed by atoms with Crippen molar-refractivity contribution in [3.05, 3.63) is 53.1 Å². The molecule has 0 atom stereocenters. The Morgan fingerprint density at radius 2 is 1.69 bits per heavy atom. The summed E-state index contributed by atoms with van der Waals surface area (Å²) in [5.41, 5.74) is 0.603. The van der Waals surface area contributed by atoms with Crippen LogP contribution in [0.15, 0.2) is 42.5 Å². The number of ether oxygens (including phenoxy) is 3. The van der Waals surface area contributed by atoms with E-state index in [-0.39, 0.29) is 5.56 Å². The number of rotatable bonds is 8. The quantitative estimate of drug-likeness (QED) is 0.632. The summed E-state index contributed by atoms with van der Waals surface area (Å²) in [5, 5.41) is 4.94. The first-order chi connectivity index (χ1) is 13.9. The van der Waals surface area contributed by atoms with Gasteiger partial charge in [0.15, 0.2) is 18.1 Å². The van der Waals surface area contributed by atoms with Gasteiger partial charge in [-0.3, -0.25) is 10.1 Å². The maximum Gasteiger partial charge on any atom is 0.338 e. The number of anilines is 1. The van der Waals surface area contributed by atoms with E-state index in [2.05, 4.69) is 10.6 Å². The van der Waals surface area contributed by atoms with E-state index in [4.69, 9.17) is 25.8 Å². The maximum absolute atomic E-state index is 12.0. The second-order valence-corrected chi connectivity index (χ2v) is 6.05. The number of urea groups is 1. The molecule has 0 bridgehead atoms. The van der Waals surface area contributed by atoms with Crippen molar-refractivity contribution in [3.8, 4) is 11.5 Å². The number of hydrogen-bond acceptors (Lipinski definition) is 6. The van der Waals surface area contributed by atoms with Gasteiger partial charge < -0.3 is 19.5 Å². The third-order valence-corrected chi connectivity index (χ3v) is 3.68. The fourth-order valence-corrected chi connectivity index (χ4v) is 2.47. The van der Waals surface area contributed by atoms with Gasteiger partial charge in [-0.1, -0.05) is 17.7 Å². The number of amides is 3. The Balaban J connectivity index is 1.87. The Morgan fingerprint density at radius 3 is 2.38 bits per heavy atom. The van der Waals surface area contributed by atoms with E-state index < -0.39 is 24.5 Å². The normalized spacial score (nSPS) is 10.0. The molecule has 154 valence electrons. The van der Waals surface area contributed by atoms with E-state index in [0.29, 0.717) is 35.4 Å². The first-order valence-electron chi connectivity index (χ1n) is 8.86. The molecule has 0 spiro atoms. The first-order valence-corrected chi connectivity index (χ1v) is 9.23. The fraction of sp³-hybridized carbons (Fsp3) is 0.250. The molecule has 29 heavy (non-hydrogen) atoms. The second-order valence-electron chi connectivity index (χ2n) is 5.62. The highest BCUT2D eigenvalue weighted by Crippen LogP contribution is 2.30. The minimum absolute atomic E-state index is 0.201. The van der Waals surface area contributed by atoms with Gasteiger partial charge in [-0.25, -0.2) is 9.59 Å². The van der Waals surface area contributed by atoms with Crippen LogP contribution in [0.3, 0.4) is 0 Å². The Labute approximate surface area is 173 Å². The molecule has 3 amide bonds. The van der Waals surface area contributed by atoms with E-state index in [1.165, 1.54) is 12.1 Å². The van der Waals surface area contributed by atoms with Gasteiger partial charge in [0.25, 0.3) is 5.91 Å². The molecule has 2 aromatic rings. The predicted octanol–water partition coefficient (Wildman–Crippen LogP) is 3.64. The standard InChI is InChI=1S/C20H21ClN2O6/c1-3-27-16-9-8-15(11-17(16)28-4-2)22-20(26)23-18(24)12-29-19(25)13-6-5-7-14(21)10-13/h5-11H,3-4,12H2,1-2H3,(H2,22,23,24,26). The number of carbonyl (C=O) groups excluding carboxylic acids is 3. The third-order valence-electron chi connectivity index (χ3n) is 3.45. The van der Waals surface area contributed by atoms with Crippen LogP contribution in [0.2, 0.25) is 5.02 Å². The van der Waals surface area contributed by atoms with Crippen LogP contribution in [0, 0.1) is 0 Å². The van der Waals surface area contributed by atoms with Gasteiger partial charge in [0.1, 0.15) is 0 Å². The SMILES string of the molecule is CCOc1ccc(NC(=O)NC(=O)COC(=O)c2cccc(Cl)c2)cc1OCC. The van der Waals surface area contributed by atoms with E-state index >= 15 is 0 Å². The van der Waals surface area contributed by atoms with Crippen LogP contribution in [-0.2, 0) is 9.53 Å². The highest BCUT2D eigenvalue weighted by molar-refractivity contribution is 6.30. The average molecular weight is 421 g/mol. The van der Waals surface area contributed by atoms with Crippen molar-refractivity contribution in [3.63, 3.8) is 0 Å². The molecule has 2 aromatic carbocycles.